The number of aryl methyl sites for hydroxylation is 1. The fourth-order valence-electron chi connectivity index (χ4n) is 0.832. The summed E-state index contributed by atoms with van der Waals surface area (Å²) in [7, 11) is 0. The fourth-order valence-corrected chi connectivity index (χ4v) is 0.832. The lowest BCUT2D eigenvalue weighted by Gasteiger charge is -1.89. The molecule has 0 saturated heterocycles. The van der Waals surface area contributed by atoms with Gasteiger partial charge >= 0.3 is 0 Å². The summed E-state index contributed by atoms with van der Waals surface area (Å²) in [6.07, 6.45) is 3.10. The second-order valence-electron chi connectivity index (χ2n) is 2.04. The van der Waals surface area contributed by atoms with E-state index < -0.39 is 0 Å². The number of hydrogen-bond donors (Lipinski definition) is 0. The zero-order valence-corrected chi connectivity index (χ0v) is 5.40. The lowest BCUT2D eigenvalue weighted by molar-refractivity contribution is 0.400. The van der Waals surface area contributed by atoms with Gasteiger partial charge in [0.25, 0.3) is 0 Å². The lowest BCUT2D eigenvalue weighted by atomic mass is 10.2. The topological polar surface area (TPSA) is 51.8 Å². The SMILES string of the molecule is Cc1nnc2concc1-2. The van der Waals surface area contributed by atoms with Crippen molar-refractivity contribution in [2.45, 2.75) is 6.92 Å². The minimum atomic E-state index is 0.757. The average Bonchev–Trinajstić information content (AvgIpc) is 2.34. The zero-order chi connectivity index (χ0) is 6.97. The van der Waals surface area contributed by atoms with Crippen molar-refractivity contribution < 1.29 is 4.52 Å². The second-order valence-corrected chi connectivity index (χ2v) is 2.04. The van der Waals surface area contributed by atoms with Gasteiger partial charge in [-0.25, -0.2) is 0 Å². The molecule has 0 atom stereocenters. The van der Waals surface area contributed by atoms with E-state index in [1.54, 1.807) is 6.20 Å². The Kier molecular flexibility index (Phi) is 0.943. The van der Waals surface area contributed by atoms with E-state index in [4.69, 9.17) is 0 Å². The summed E-state index contributed by atoms with van der Waals surface area (Å²) in [4.78, 5) is 0. The first-order valence-corrected chi connectivity index (χ1v) is 2.90. The highest BCUT2D eigenvalue weighted by atomic mass is 16.4. The predicted molar refractivity (Wildman–Crippen MR) is 33.5 cm³/mol. The normalized spacial score (nSPS) is 10.5. The van der Waals surface area contributed by atoms with E-state index in [1.807, 2.05) is 6.92 Å². The van der Waals surface area contributed by atoms with Crippen LogP contribution >= 0.6 is 0 Å². The molecule has 0 aliphatic carbocycles. The second kappa shape index (κ2) is 1.76. The number of fused-ring (bicyclic) bond motifs is 1. The smallest absolute Gasteiger partial charge is 0.150 e. The maximum absolute atomic E-state index is 4.65. The van der Waals surface area contributed by atoms with Gasteiger partial charge in [0.2, 0.25) is 0 Å². The average molecular weight is 135 g/mol. The molecular formula is C6H5N3O. The lowest BCUT2D eigenvalue weighted by Crippen LogP contribution is -1.78. The molecule has 0 aromatic carbocycles. The van der Waals surface area contributed by atoms with E-state index in [2.05, 4.69) is 19.9 Å². The molecule has 0 amide bonds. The quantitative estimate of drug-likeness (QED) is 0.538. The third kappa shape index (κ3) is 0.586. The molecule has 0 aromatic heterocycles. The van der Waals surface area contributed by atoms with Crippen LogP contribution < -0.4 is 0 Å². The summed E-state index contributed by atoms with van der Waals surface area (Å²) in [5, 5.41) is 11.3. The van der Waals surface area contributed by atoms with Crippen molar-refractivity contribution in [3.63, 3.8) is 0 Å². The standard InChI is InChI=1S/C6H5N3O/c1-4-5-2-7-10-3-6(5)9-8-4/h2-3H,1H3. The van der Waals surface area contributed by atoms with E-state index in [9.17, 15) is 0 Å². The summed E-state index contributed by atoms with van der Waals surface area (Å²) in [6, 6.07) is 0. The molecule has 2 heterocycles. The van der Waals surface area contributed by atoms with E-state index in [-0.39, 0.29) is 0 Å². The fraction of sp³-hybridized carbons (Fsp3) is 0.167. The van der Waals surface area contributed by atoms with E-state index in [1.165, 1.54) is 6.26 Å². The van der Waals surface area contributed by atoms with Crippen molar-refractivity contribution in [3.05, 3.63) is 18.2 Å². The van der Waals surface area contributed by atoms with E-state index >= 15 is 0 Å². The van der Waals surface area contributed by atoms with Gasteiger partial charge in [0.05, 0.1) is 17.5 Å². The Morgan fingerprint density at radius 2 is 2.30 bits per heavy atom. The predicted octanol–water partition coefficient (Wildman–Crippen LogP) is 0.878. The Bertz CT molecular complexity index is 317. The van der Waals surface area contributed by atoms with Gasteiger partial charge in [-0.1, -0.05) is 5.16 Å². The van der Waals surface area contributed by atoms with Gasteiger partial charge in [0.1, 0.15) is 12.0 Å². The first-order valence-electron chi connectivity index (χ1n) is 2.90. The third-order valence-electron chi connectivity index (χ3n) is 1.38. The first-order chi connectivity index (χ1) is 4.88. The molecule has 0 spiro atoms. The molecule has 0 aromatic rings. The zero-order valence-electron chi connectivity index (χ0n) is 5.40. The molecule has 0 bridgehead atoms. The molecule has 0 unspecified atom stereocenters. The molecule has 0 fully saturated rings. The van der Waals surface area contributed by atoms with Crippen molar-refractivity contribution in [1.29, 1.82) is 0 Å². The van der Waals surface area contributed by atoms with E-state index in [0.29, 0.717) is 0 Å². The van der Waals surface area contributed by atoms with Gasteiger partial charge in [-0.2, -0.15) is 5.10 Å². The number of rotatable bonds is 0. The highest BCUT2D eigenvalue weighted by Gasteiger charge is 2.09. The number of hydrogen-bond acceptors (Lipinski definition) is 4. The van der Waals surface area contributed by atoms with Crippen LogP contribution in [0, 0.1) is 6.92 Å². The Morgan fingerprint density at radius 3 is 3.10 bits per heavy atom. The number of nitrogens with zero attached hydrogens (tertiary/aromatic N) is 3. The van der Waals surface area contributed by atoms with Crippen molar-refractivity contribution in [3.8, 4) is 11.3 Å². The Morgan fingerprint density at radius 1 is 1.40 bits per heavy atom. The molecular weight excluding hydrogens is 130 g/mol. The van der Waals surface area contributed by atoms with Gasteiger partial charge in [-0.05, 0) is 6.92 Å². The summed E-state index contributed by atoms with van der Waals surface area (Å²) in [5.74, 6) is 0. The largest absolute Gasteiger partial charge is 0.362 e. The van der Waals surface area contributed by atoms with Gasteiger partial charge in [-0.15, -0.1) is 5.10 Å². The van der Waals surface area contributed by atoms with Crippen LogP contribution in [0.25, 0.3) is 11.3 Å². The highest BCUT2D eigenvalue weighted by Crippen LogP contribution is 2.19. The molecule has 2 rings (SSSR count). The molecule has 50 valence electrons. The van der Waals surface area contributed by atoms with Crippen LogP contribution in [0.3, 0.4) is 0 Å². The monoisotopic (exact) mass is 135 g/mol. The van der Waals surface area contributed by atoms with Crippen LogP contribution in [0.4, 0.5) is 0 Å². The van der Waals surface area contributed by atoms with Crippen LogP contribution in [-0.4, -0.2) is 15.4 Å². The minimum absolute atomic E-state index is 0.757. The van der Waals surface area contributed by atoms with Gasteiger partial charge in [0, 0.05) is 0 Å². The molecule has 0 N–H and O–H groups in total. The van der Waals surface area contributed by atoms with Gasteiger partial charge in [0.15, 0.2) is 0 Å². The van der Waals surface area contributed by atoms with Crippen molar-refractivity contribution in [2.75, 3.05) is 0 Å². The number of aromatic nitrogens is 3. The van der Waals surface area contributed by atoms with Crippen LogP contribution in [0.5, 0.6) is 0 Å². The Balaban J connectivity index is 2.78. The van der Waals surface area contributed by atoms with Gasteiger partial charge in [-0.3, -0.25) is 0 Å². The van der Waals surface area contributed by atoms with Crippen molar-refractivity contribution >= 4 is 0 Å². The van der Waals surface area contributed by atoms with E-state index in [0.717, 1.165) is 17.0 Å². The molecule has 2 aliphatic heterocycles. The maximum atomic E-state index is 4.65. The maximum Gasteiger partial charge on any atom is 0.150 e. The molecule has 10 heavy (non-hydrogen) atoms. The van der Waals surface area contributed by atoms with Crippen LogP contribution in [0.15, 0.2) is 17.0 Å². The Hall–Kier alpha value is -1.45. The summed E-state index contributed by atoms with van der Waals surface area (Å²) in [6.45, 7) is 1.89. The van der Waals surface area contributed by atoms with Crippen molar-refractivity contribution in [1.82, 2.24) is 15.4 Å². The molecule has 4 heteroatoms. The summed E-state index contributed by atoms with van der Waals surface area (Å²) in [5.41, 5.74) is 2.59. The third-order valence-corrected chi connectivity index (χ3v) is 1.38. The summed E-state index contributed by atoms with van der Waals surface area (Å²) < 4.78 is 4.65. The first kappa shape index (κ1) is 5.34. The minimum Gasteiger partial charge on any atom is -0.362 e. The molecule has 4 nitrogen and oxygen atoms in total. The van der Waals surface area contributed by atoms with Crippen LogP contribution in [0.1, 0.15) is 5.69 Å². The Labute approximate surface area is 57.2 Å². The summed E-state index contributed by atoms with van der Waals surface area (Å²) >= 11 is 0. The molecule has 0 radical (unpaired) electrons. The van der Waals surface area contributed by atoms with Crippen LogP contribution in [-0.2, 0) is 0 Å². The molecule has 2 aliphatic rings. The van der Waals surface area contributed by atoms with Gasteiger partial charge < -0.3 is 4.52 Å². The van der Waals surface area contributed by atoms with Crippen LogP contribution in [0.2, 0.25) is 0 Å². The highest BCUT2D eigenvalue weighted by molar-refractivity contribution is 5.59. The molecule has 0 saturated carbocycles. The van der Waals surface area contributed by atoms with Crippen molar-refractivity contribution in [2.24, 2.45) is 0 Å².